The second kappa shape index (κ2) is 4.92. The van der Waals surface area contributed by atoms with E-state index in [0.29, 0.717) is 17.1 Å². The number of nitrogens with zero attached hydrogens (tertiary/aromatic N) is 8. The maximum absolute atomic E-state index is 4.69. The van der Waals surface area contributed by atoms with Gasteiger partial charge in [0.05, 0.1) is 18.1 Å². The van der Waals surface area contributed by atoms with E-state index in [0.717, 1.165) is 16.9 Å². The van der Waals surface area contributed by atoms with Crippen LogP contribution in [-0.2, 0) is 0 Å². The lowest BCUT2D eigenvalue weighted by Gasteiger charge is -2.09. The zero-order valence-corrected chi connectivity index (χ0v) is 12.4. The van der Waals surface area contributed by atoms with Crippen molar-refractivity contribution < 1.29 is 0 Å². The van der Waals surface area contributed by atoms with E-state index < -0.39 is 0 Å². The minimum Gasteiger partial charge on any atom is -0.265 e. The summed E-state index contributed by atoms with van der Waals surface area (Å²) in [6.45, 7) is 0. The van der Waals surface area contributed by atoms with Crippen LogP contribution in [0.25, 0.3) is 34.0 Å². The molecule has 4 heterocycles. The molecule has 0 saturated carbocycles. The van der Waals surface area contributed by atoms with Gasteiger partial charge in [-0.15, -0.1) is 0 Å². The molecule has 0 aliphatic carbocycles. The third-order valence-corrected chi connectivity index (χ3v) is 3.76. The van der Waals surface area contributed by atoms with Crippen LogP contribution in [-0.4, -0.2) is 39.0 Å². The van der Waals surface area contributed by atoms with E-state index in [1.165, 1.54) is 12.7 Å². The van der Waals surface area contributed by atoms with Crippen LogP contribution in [0.3, 0.4) is 0 Å². The molecule has 0 amide bonds. The van der Waals surface area contributed by atoms with Gasteiger partial charge in [0.25, 0.3) is 0 Å². The van der Waals surface area contributed by atoms with E-state index in [4.69, 9.17) is 0 Å². The van der Waals surface area contributed by atoms with Crippen LogP contribution in [0.15, 0.2) is 61.7 Å². The van der Waals surface area contributed by atoms with E-state index in [1.807, 2.05) is 39.5 Å². The fourth-order valence-electron chi connectivity index (χ4n) is 2.72. The predicted molar refractivity (Wildman–Crippen MR) is 86.9 cm³/mol. The summed E-state index contributed by atoms with van der Waals surface area (Å²) in [5.41, 5.74) is 3.77. The monoisotopic (exact) mass is 314 g/mol. The first-order valence-corrected chi connectivity index (χ1v) is 7.29. The molecule has 8 heteroatoms. The average Bonchev–Trinajstić information content (AvgIpc) is 3.23. The topological polar surface area (TPSA) is 87.2 Å². The summed E-state index contributed by atoms with van der Waals surface area (Å²) in [6, 6.07) is 9.92. The van der Waals surface area contributed by atoms with Gasteiger partial charge < -0.3 is 0 Å². The van der Waals surface area contributed by atoms with Crippen molar-refractivity contribution in [3.63, 3.8) is 0 Å². The number of hydrogen-bond acceptors (Lipinski definition) is 6. The first kappa shape index (κ1) is 12.8. The molecule has 0 atom stereocenters. The summed E-state index contributed by atoms with van der Waals surface area (Å²) in [6.07, 6.45) is 8.09. The van der Waals surface area contributed by atoms with Crippen molar-refractivity contribution in [1.29, 1.82) is 0 Å². The molecule has 4 aromatic heterocycles. The highest BCUT2D eigenvalue weighted by molar-refractivity contribution is 5.77. The largest absolute Gasteiger partial charge is 0.265 e. The molecule has 0 unspecified atom stereocenters. The first-order valence-electron chi connectivity index (χ1n) is 7.29. The predicted octanol–water partition coefficient (Wildman–Crippen LogP) is 1.94. The molecule has 0 aliphatic rings. The summed E-state index contributed by atoms with van der Waals surface area (Å²) in [5, 5.41) is 0. The van der Waals surface area contributed by atoms with Crippen LogP contribution in [0.5, 0.6) is 0 Å². The number of para-hydroxylation sites is 1. The Morgan fingerprint density at radius 2 is 1.67 bits per heavy atom. The molecule has 0 N–H and O–H groups in total. The van der Waals surface area contributed by atoms with Gasteiger partial charge in [0.15, 0.2) is 11.3 Å². The summed E-state index contributed by atoms with van der Waals surface area (Å²) in [7, 11) is 0. The molecule has 0 aliphatic heterocycles. The first-order chi connectivity index (χ1) is 11.9. The highest BCUT2D eigenvalue weighted by atomic mass is 15.3. The Hall–Kier alpha value is -3.68. The third kappa shape index (κ3) is 1.80. The van der Waals surface area contributed by atoms with Gasteiger partial charge in [-0.05, 0) is 12.1 Å². The van der Waals surface area contributed by atoms with Crippen molar-refractivity contribution in [3.8, 4) is 11.6 Å². The van der Waals surface area contributed by atoms with Crippen molar-refractivity contribution in [3.05, 3.63) is 61.7 Å². The number of fused-ring (bicyclic) bond motifs is 2. The van der Waals surface area contributed by atoms with Gasteiger partial charge in [0.2, 0.25) is 5.95 Å². The van der Waals surface area contributed by atoms with Gasteiger partial charge in [0, 0.05) is 0 Å². The van der Waals surface area contributed by atoms with E-state index >= 15 is 0 Å². The molecule has 24 heavy (non-hydrogen) atoms. The van der Waals surface area contributed by atoms with Crippen molar-refractivity contribution in [2.24, 2.45) is 0 Å². The Balaban J connectivity index is 1.89. The number of imidazole rings is 2. The molecule has 8 nitrogen and oxygen atoms in total. The molecule has 0 radical (unpaired) electrons. The molecule has 0 saturated heterocycles. The lowest BCUT2D eigenvalue weighted by Crippen LogP contribution is -2.05. The van der Waals surface area contributed by atoms with Gasteiger partial charge in [-0.2, -0.15) is 0 Å². The van der Waals surface area contributed by atoms with Gasteiger partial charge in [-0.3, -0.25) is 9.13 Å². The van der Waals surface area contributed by atoms with Gasteiger partial charge in [-0.1, -0.05) is 18.2 Å². The Kier molecular flexibility index (Phi) is 2.63. The Labute approximate surface area is 135 Å². The number of aromatic nitrogens is 8. The quantitative estimate of drug-likeness (QED) is 0.495. The zero-order chi connectivity index (χ0) is 15.9. The minimum atomic E-state index is 0.614. The molecular weight excluding hydrogens is 304 g/mol. The average molecular weight is 314 g/mol. The standard InChI is InChI=1S/C16H10N8/c1-2-4-11(5-3-1)24-15-12(6-17-9-20-15)22-16(24)23-10-21-14-13(23)7-18-8-19-14/h1-10H. The molecule has 5 aromatic rings. The molecule has 114 valence electrons. The molecular formula is C16H10N8. The Morgan fingerprint density at radius 3 is 2.58 bits per heavy atom. The van der Waals surface area contributed by atoms with Crippen molar-refractivity contribution >= 4 is 22.3 Å². The minimum absolute atomic E-state index is 0.614. The lowest BCUT2D eigenvalue weighted by atomic mass is 10.3. The van der Waals surface area contributed by atoms with Crippen LogP contribution in [0, 0.1) is 0 Å². The summed E-state index contributed by atoms with van der Waals surface area (Å²) >= 11 is 0. The van der Waals surface area contributed by atoms with Gasteiger partial charge >= 0.3 is 0 Å². The third-order valence-electron chi connectivity index (χ3n) is 3.76. The van der Waals surface area contributed by atoms with Crippen LogP contribution in [0.2, 0.25) is 0 Å². The van der Waals surface area contributed by atoms with Crippen LogP contribution < -0.4 is 0 Å². The second-order valence-electron chi connectivity index (χ2n) is 5.16. The van der Waals surface area contributed by atoms with Gasteiger partial charge in [0.1, 0.15) is 30.0 Å². The van der Waals surface area contributed by atoms with Gasteiger partial charge in [-0.25, -0.2) is 29.9 Å². The molecule has 0 bridgehead atoms. The van der Waals surface area contributed by atoms with Crippen molar-refractivity contribution in [2.75, 3.05) is 0 Å². The van der Waals surface area contributed by atoms with E-state index in [2.05, 4.69) is 29.9 Å². The van der Waals surface area contributed by atoms with Crippen molar-refractivity contribution in [1.82, 2.24) is 39.0 Å². The SMILES string of the molecule is c1ccc(-n2c(-n3cnc4ncncc43)nc3cncnc32)cc1. The summed E-state index contributed by atoms with van der Waals surface area (Å²) < 4.78 is 3.81. The Morgan fingerprint density at radius 1 is 0.833 bits per heavy atom. The smallest absolute Gasteiger partial charge is 0.222 e. The number of hydrogen-bond donors (Lipinski definition) is 0. The summed E-state index contributed by atoms with van der Waals surface area (Å²) in [5.74, 6) is 0.661. The maximum Gasteiger partial charge on any atom is 0.222 e. The van der Waals surface area contributed by atoms with Crippen molar-refractivity contribution in [2.45, 2.75) is 0 Å². The maximum atomic E-state index is 4.69. The normalized spacial score (nSPS) is 11.3. The van der Waals surface area contributed by atoms with Crippen LogP contribution >= 0.6 is 0 Å². The summed E-state index contributed by atoms with van der Waals surface area (Å²) in [4.78, 5) is 25.7. The van der Waals surface area contributed by atoms with E-state index in [1.54, 1.807) is 18.7 Å². The molecule has 0 spiro atoms. The number of benzene rings is 1. The van der Waals surface area contributed by atoms with Crippen LogP contribution in [0.1, 0.15) is 0 Å². The number of rotatable bonds is 2. The fourth-order valence-corrected chi connectivity index (χ4v) is 2.72. The second-order valence-corrected chi connectivity index (χ2v) is 5.16. The Bertz CT molecular complexity index is 1160. The highest BCUT2D eigenvalue weighted by Gasteiger charge is 2.17. The van der Waals surface area contributed by atoms with E-state index in [9.17, 15) is 0 Å². The van der Waals surface area contributed by atoms with E-state index in [-0.39, 0.29) is 0 Å². The molecule has 0 fully saturated rings. The fraction of sp³-hybridized carbons (Fsp3) is 0. The zero-order valence-electron chi connectivity index (χ0n) is 12.4. The highest BCUT2D eigenvalue weighted by Crippen LogP contribution is 2.23. The van der Waals surface area contributed by atoms with Crippen LogP contribution in [0.4, 0.5) is 0 Å². The molecule has 5 rings (SSSR count). The molecule has 1 aromatic carbocycles. The lowest BCUT2D eigenvalue weighted by molar-refractivity contribution is 0.914.